The third-order valence-electron chi connectivity index (χ3n) is 3.23. The van der Waals surface area contributed by atoms with Gasteiger partial charge < -0.3 is 15.2 Å². The number of nitrogens with zero attached hydrogens (tertiary/aromatic N) is 2. The minimum atomic E-state index is -1.13. The molecule has 1 aliphatic heterocycles. The lowest BCUT2D eigenvalue weighted by atomic mass is 10.2. The van der Waals surface area contributed by atoms with Crippen LogP contribution in [0.15, 0.2) is 12.1 Å². The number of halogens is 1. The van der Waals surface area contributed by atoms with Crippen molar-refractivity contribution < 1.29 is 14.6 Å². The normalized spacial score (nSPS) is 19.8. The van der Waals surface area contributed by atoms with E-state index < -0.39 is 5.97 Å². The van der Waals surface area contributed by atoms with Crippen LogP contribution in [0.25, 0.3) is 0 Å². The van der Waals surface area contributed by atoms with Gasteiger partial charge in [0.2, 0.25) is 0 Å². The Morgan fingerprint density at radius 2 is 2.45 bits per heavy atom. The molecule has 0 amide bonds. The van der Waals surface area contributed by atoms with Crippen molar-refractivity contribution in [2.45, 2.75) is 13.0 Å². The van der Waals surface area contributed by atoms with E-state index in [0.717, 1.165) is 19.6 Å². The van der Waals surface area contributed by atoms with Gasteiger partial charge in [-0.1, -0.05) is 18.5 Å². The molecule has 110 valence electrons. The monoisotopic (exact) mass is 299 g/mol. The number of carboxylic acids is 1. The van der Waals surface area contributed by atoms with E-state index in [1.807, 2.05) is 0 Å². The first-order valence-electron chi connectivity index (χ1n) is 6.57. The number of ether oxygens (including phenoxy) is 1. The number of likely N-dealkylation sites (N-methyl/N-ethyl adjacent to an activating group) is 1. The molecule has 2 N–H and O–H groups in total. The first kappa shape index (κ1) is 15.0. The van der Waals surface area contributed by atoms with Crippen molar-refractivity contribution >= 4 is 23.4 Å². The molecule has 6 nitrogen and oxygen atoms in total. The molecule has 0 saturated carbocycles. The minimum Gasteiger partial charge on any atom is -0.476 e. The maximum atomic E-state index is 11.0. The number of carboxylic acid groups (broad SMARTS) is 1. The van der Waals surface area contributed by atoms with Crippen LogP contribution in [0.1, 0.15) is 17.4 Å². The van der Waals surface area contributed by atoms with Crippen molar-refractivity contribution in [3.05, 3.63) is 22.8 Å². The Morgan fingerprint density at radius 1 is 1.65 bits per heavy atom. The fourth-order valence-electron chi connectivity index (χ4n) is 2.10. The molecule has 20 heavy (non-hydrogen) atoms. The molecule has 0 aliphatic carbocycles. The van der Waals surface area contributed by atoms with Crippen LogP contribution < -0.4 is 5.32 Å². The third kappa shape index (κ3) is 3.82. The molecule has 0 spiro atoms. The van der Waals surface area contributed by atoms with Gasteiger partial charge in [-0.25, -0.2) is 9.78 Å². The van der Waals surface area contributed by atoms with Crippen LogP contribution in [0.3, 0.4) is 0 Å². The van der Waals surface area contributed by atoms with E-state index in [9.17, 15) is 4.79 Å². The van der Waals surface area contributed by atoms with Gasteiger partial charge in [0.1, 0.15) is 5.82 Å². The van der Waals surface area contributed by atoms with E-state index in [1.54, 1.807) is 6.07 Å². The van der Waals surface area contributed by atoms with Crippen molar-refractivity contribution in [1.29, 1.82) is 0 Å². The largest absolute Gasteiger partial charge is 0.476 e. The molecular weight excluding hydrogens is 282 g/mol. The zero-order chi connectivity index (χ0) is 14.5. The van der Waals surface area contributed by atoms with Crippen LogP contribution in [-0.4, -0.2) is 59.8 Å². The fourth-order valence-corrected chi connectivity index (χ4v) is 2.29. The van der Waals surface area contributed by atoms with Crippen LogP contribution in [0.4, 0.5) is 5.82 Å². The van der Waals surface area contributed by atoms with Crippen molar-refractivity contribution in [3.8, 4) is 0 Å². The Hall–Kier alpha value is -1.37. The van der Waals surface area contributed by atoms with Gasteiger partial charge in [0.25, 0.3) is 0 Å². The molecule has 1 saturated heterocycles. The number of hydrogen-bond donors (Lipinski definition) is 2. The number of nitrogens with one attached hydrogen (secondary N) is 1. The summed E-state index contributed by atoms with van der Waals surface area (Å²) in [5.74, 6) is -0.645. The summed E-state index contributed by atoms with van der Waals surface area (Å²) in [6.07, 6.45) is 0.0782. The Bertz CT molecular complexity index is 484. The molecule has 1 fully saturated rings. The number of hydrogen-bond acceptors (Lipinski definition) is 5. The standard InChI is InChI=1S/C13H18ClN3O3/c1-2-17-5-6-20-9(8-17)7-15-11-4-3-10(14)12(16-11)13(18)19/h3-4,9H,2,5-8H2,1H3,(H,15,16)(H,18,19). The van der Waals surface area contributed by atoms with Crippen LogP contribution in [0.2, 0.25) is 5.02 Å². The summed E-state index contributed by atoms with van der Waals surface area (Å²) in [7, 11) is 0. The Morgan fingerprint density at radius 3 is 3.15 bits per heavy atom. The number of pyridine rings is 1. The molecular formula is C13H18ClN3O3. The second-order valence-electron chi connectivity index (χ2n) is 4.60. The van der Waals surface area contributed by atoms with Gasteiger partial charge >= 0.3 is 5.97 Å². The summed E-state index contributed by atoms with van der Waals surface area (Å²) in [5, 5.41) is 12.2. The van der Waals surface area contributed by atoms with E-state index in [0.29, 0.717) is 19.0 Å². The van der Waals surface area contributed by atoms with E-state index in [-0.39, 0.29) is 16.8 Å². The molecule has 0 aromatic carbocycles. The van der Waals surface area contributed by atoms with Gasteiger partial charge in [-0.3, -0.25) is 4.90 Å². The average Bonchev–Trinajstić information content (AvgIpc) is 2.46. The quantitative estimate of drug-likeness (QED) is 0.859. The highest BCUT2D eigenvalue weighted by molar-refractivity contribution is 6.33. The van der Waals surface area contributed by atoms with Crippen LogP contribution >= 0.6 is 11.6 Å². The van der Waals surface area contributed by atoms with Gasteiger partial charge in [-0.15, -0.1) is 0 Å². The highest BCUT2D eigenvalue weighted by Crippen LogP contribution is 2.17. The van der Waals surface area contributed by atoms with E-state index in [1.165, 1.54) is 6.07 Å². The highest BCUT2D eigenvalue weighted by atomic mass is 35.5. The summed E-state index contributed by atoms with van der Waals surface area (Å²) in [4.78, 5) is 17.3. The molecule has 2 heterocycles. The van der Waals surface area contributed by atoms with Crippen LogP contribution in [0, 0.1) is 0 Å². The smallest absolute Gasteiger partial charge is 0.356 e. The third-order valence-corrected chi connectivity index (χ3v) is 3.53. The average molecular weight is 300 g/mol. The second kappa shape index (κ2) is 6.88. The van der Waals surface area contributed by atoms with Crippen molar-refractivity contribution in [1.82, 2.24) is 9.88 Å². The Kier molecular flexibility index (Phi) is 5.17. The van der Waals surface area contributed by atoms with Crippen LogP contribution in [-0.2, 0) is 4.74 Å². The molecule has 1 atom stereocenters. The first-order valence-corrected chi connectivity index (χ1v) is 6.95. The summed E-state index contributed by atoms with van der Waals surface area (Å²) in [6.45, 7) is 6.24. The zero-order valence-corrected chi connectivity index (χ0v) is 12.1. The van der Waals surface area contributed by atoms with Gasteiger partial charge in [0.05, 0.1) is 17.7 Å². The minimum absolute atomic E-state index is 0.0782. The molecule has 0 radical (unpaired) electrons. The molecule has 7 heteroatoms. The van der Waals surface area contributed by atoms with E-state index in [2.05, 4.69) is 22.1 Å². The lowest BCUT2D eigenvalue weighted by Crippen LogP contribution is -2.45. The topological polar surface area (TPSA) is 74.7 Å². The van der Waals surface area contributed by atoms with E-state index in [4.69, 9.17) is 21.4 Å². The van der Waals surface area contributed by atoms with Gasteiger partial charge in [0, 0.05) is 19.6 Å². The Labute approximate surface area is 122 Å². The number of morpholine rings is 1. The maximum Gasteiger partial charge on any atom is 0.356 e. The zero-order valence-electron chi connectivity index (χ0n) is 11.3. The summed E-state index contributed by atoms with van der Waals surface area (Å²) >= 11 is 5.78. The number of rotatable bonds is 5. The predicted molar refractivity (Wildman–Crippen MR) is 76.6 cm³/mol. The van der Waals surface area contributed by atoms with Crippen molar-refractivity contribution in [2.24, 2.45) is 0 Å². The number of aromatic nitrogens is 1. The SMILES string of the molecule is CCN1CCOC(CNc2ccc(Cl)c(C(=O)O)n2)C1. The van der Waals surface area contributed by atoms with Gasteiger partial charge in [0.15, 0.2) is 5.69 Å². The lowest BCUT2D eigenvalue weighted by molar-refractivity contribution is -0.0192. The summed E-state index contributed by atoms with van der Waals surface area (Å²) in [6, 6.07) is 3.19. The van der Waals surface area contributed by atoms with Crippen molar-refractivity contribution in [2.75, 3.05) is 38.1 Å². The molecule has 0 bridgehead atoms. The van der Waals surface area contributed by atoms with Gasteiger partial charge in [-0.2, -0.15) is 0 Å². The second-order valence-corrected chi connectivity index (χ2v) is 5.01. The molecule has 2 rings (SSSR count). The Balaban J connectivity index is 1.93. The molecule has 1 aliphatic rings. The predicted octanol–water partition coefficient (Wildman–Crippen LogP) is 1.57. The number of aromatic carboxylic acids is 1. The molecule has 1 aromatic rings. The number of anilines is 1. The highest BCUT2D eigenvalue weighted by Gasteiger charge is 2.19. The molecule has 1 aromatic heterocycles. The fraction of sp³-hybridized carbons (Fsp3) is 0.538. The first-order chi connectivity index (χ1) is 9.60. The van der Waals surface area contributed by atoms with Crippen molar-refractivity contribution in [3.63, 3.8) is 0 Å². The molecule has 1 unspecified atom stereocenters. The lowest BCUT2D eigenvalue weighted by Gasteiger charge is -2.32. The maximum absolute atomic E-state index is 11.0. The van der Waals surface area contributed by atoms with Gasteiger partial charge in [-0.05, 0) is 18.7 Å². The van der Waals surface area contributed by atoms with Crippen LogP contribution in [0.5, 0.6) is 0 Å². The van der Waals surface area contributed by atoms with E-state index >= 15 is 0 Å². The number of carbonyl (C=O) groups is 1. The summed E-state index contributed by atoms with van der Waals surface area (Å²) < 4.78 is 5.66. The summed E-state index contributed by atoms with van der Waals surface area (Å²) in [5.41, 5.74) is -0.142.